The number of fused-ring (bicyclic) bond motifs is 1. The van der Waals surface area contributed by atoms with Crippen molar-refractivity contribution < 1.29 is 32.5 Å². The Balaban J connectivity index is 0.00000110. The second-order valence-electron chi connectivity index (χ2n) is 10.9. The first-order chi connectivity index (χ1) is 18.5. The molecule has 0 amide bonds. The minimum atomic E-state index is -4.82. The van der Waals surface area contributed by atoms with Crippen LogP contribution in [-0.2, 0) is 17.6 Å². The van der Waals surface area contributed by atoms with Crippen LogP contribution in [0.2, 0.25) is 0 Å². The van der Waals surface area contributed by atoms with E-state index in [0.29, 0.717) is 37.9 Å². The van der Waals surface area contributed by atoms with Gasteiger partial charge in [0.25, 0.3) is 0 Å². The Morgan fingerprint density at radius 1 is 1.13 bits per heavy atom. The number of nitrogens with zero attached hydrogens (tertiary/aromatic N) is 2. The lowest BCUT2D eigenvalue weighted by Crippen LogP contribution is -2.50. The summed E-state index contributed by atoms with van der Waals surface area (Å²) in [6.07, 6.45) is 3.22. The van der Waals surface area contributed by atoms with Crippen LogP contribution in [0.5, 0.6) is 11.5 Å². The summed E-state index contributed by atoms with van der Waals surface area (Å²) >= 11 is 0. The van der Waals surface area contributed by atoms with Crippen LogP contribution in [0.3, 0.4) is 0 Å². The number of carbonyl (C=O) groups is 1. The summed E-state index contributed by atoms with van der Waals surface area (Å²) in [5, 5.41) is 18.5. The summed E-state index contributed by atoms with van der Waals surface area (Å²) in [5.41, 5.74) is 2.27. The van der Waals surface area contributed by atoms with Crippen molar-refractivity contribution in [2.24, 2.45) is 5.92 Å². The van der Waals surface area contributed by atoms with Crippen molar-refractivity contribution in [3.05, 3.63) is 58.7 Å². The quantitative estimate of drug-likeness (QED) is 0.430. The number of carboxylic acids is 1. The number of halogens is 3. The van der Waals surface area contributed by atoms with Crippen molar-refractivity contribution in [2.45, 2.75) is 83.2 Å². The third kappa shape index (κ3) is 7.66. The number of alkyl halides is 3. The van der Waals surface area contributed by atoms with E-state index in [1.54, 1.807) is 6.92 Å². The second-order valence-corrected chi connectivity index (χ2v) is 10.9. The van der Waals surface area contributed by atoms with Crippen molar-refractivity contribution in [3.8, 4) is 17.6 Å². The van der Waals surface area contributed by atoms with Gasteiger partial charge in [0.05, 0.1) is 17.6 Å². The molecule has 6 nitrogen and oxygen atoms in total. The number of ether oxygens (including phenoxy) is 2. The van der Waals surface area contributed by atoms with Crippen LogP contribution in [0, 0.1) is 17.2 Å². The van der Waals surface area contributed by atoms with E-state index in [0.717, 1.165) is 29.7 Å². The zero-order chi connectivity index (χ0) is 28.2. The van der Waals surface area contributed by atoms with Gasteiger partial charge < -0.3 is 14.6 Å². The number of benzene rings is 2. The van der Waals surface area contributed by atoms with E-state index in [4.69, 9.17) is 4.74 Å². The average Bonchev–Trinajstić information content (AvgIpc) is 3.78. The van der Waals surface area contributed by atoms with Gasteiger partial charge in [-0.15, -0.1) is 13.2 Å². The van der Waals surface area contributed by atoms with Crippen LogP contribution in [0.4, 0.5) is 13.2 Å². The number of piperidine rings is 1. The molecule has 0 aromatic heterocycles. The van der Waals surface area contributed by atoms with E-state index >= 15 is 0 Å². The number of likely N-dealkylation sites (tertiary alicyclic amines) is 1. The van der Waals surface area contributed by atoms with Crippen LogP contribution in [0.25, 0.3) is 0 Å². The third-order valence-corrected chi connectivity index (χ3v) is 7.70. The fraction of sp³-hybridized carbons (Fsp3) is 0.533. The Hall–Kier alpha value is -3.25. The zero-order valence-electron chi connectivity index (χ0n) is 22.4. The van der Waals surface area contributed by atoms with Gasteiger partial charge in [-0.05, 0) is 74.4 Å². The molecule has 2 unspecified atom stereocenters. The molecule has 1 saturated heterocycles. The largest absolute Gasteiger partial charge is 0.573 e. The lowest BCUT2D eigenvalue weighted by atomic mass is 9.82. The topological polar surface area (TPSA) is 82.8 Å². The van der Waals surface area contributed by atoms with Crippen molar-refractivity contribution >= 4 is 5.97 Å². The summed E-state index contributed by atoms with van der Waals surface area (Å²) in [4.78, 5) is 13.3. The standard InChI is InChI=1S/C27H29F3N2O4.C3H6/c1-17(25(33)34)13-19-3-5-21-7-8-26(35-24(21)15-19)9-11-32(12-10-26)18(2)22-14-20(16-31)4-6-23(22)36-27(28,29)30;1-2-3-1/h3-6,14-15,17-18H,7-13H2,1-2H3,(H,33,34);1-3H2. The summed E-state index contributed by atoms with van der Waals surface area (Å²) in [5.74, 6) is -0.826. The molecule has 2 aromatic rings. The van der Waals surface area contributed by atoms with Gasteiger partial charge in [0.2, 0.25) is 0 Å². The highest BCUT2D eigenvalue weighted by atomic mass is 19.4. The molecule has 5 rings (SSSR count). The molecule has 3 aliphatic rings. The van der Waals surface area contributed by atoms with Crippen LogP contribution in [0.15, 0.2) is 36.4 Å². The molecule has 0 radical (unpaired) electrons. The van der Waals surface area contributed by atoms with E-state index in [2.05, 4.69) is 9.64 Å². The van der Waals surface area contributed by atoms with Crippen LogP contribution >= 0.6 is 0 Å². The Kier molecular flexibility index (Phi) is 8.75. The normalized spacial score (nSPS) is 19.4. The Bertz CT molecular complexity index is 1210. The first kappa shape index (κ1) is 28.8. The highest BCUT2D eigenvalue weighted by molar-refractivity contribution is 5.70. The molecule has 2 fully saturated rings. The fourth-order valence-corrected chi connectivity index (χ4v) is 5.14. The molecular formula is C30H35F3N2O4. The van der Waals surface area contributed by atoms with Crippen molar-refractivity contribution in [3.63, 3.8) is 0 Å². The number of rotatable bonds is 6. The molecule has 39 heavy (non-hydrogen) atoms. The molecule has 1 N–H and O–H groups in total. The van der Waals surface area contributed by atoms with E-state index in [9.17, 15) is 28.3 Å². The van der Waals surface area contributed by atoms with Crippen LogP contribution in [0.1, 0.15) is 80.7 Å². The maximum Gasteiger partial charge on any atom is 0.573 e. The zero-order valence-corrected chi connectivity index (χ0v) is 22.4. The molecule has 2 heterocycles. The molecule has 1 aliphatic carbocycles. The monoisotopic (exact) mass is 544 g/mol. The maximum atomic E-state index is 13.0. The van der Waals surface area contributed by atoms with Gasteiger partial charge in [-0.2, -0.15) is 5.26 Å². The van der Waals surface area contributed by atoms with E-state index in [1.165, 1.54) is 37.5 Å². The highest BCUT2D eigenvalue weighted by Gasteiger charge is 2.41. The Morgan fingerprint density at radius 3 is 2.41 bits per heavy atom. The molecule has 2 atom stereocenters. The molecule has 2 aliphatic heterocycles. The lowest BCUT2D eigenvalue weighted by molar-refractivity contribution is -0.275. The third-order valence-electron chi connectivity index (χ3n) is 7.70. The van der Waals surface area contributed by atoms with Gasteiger partial charge >= 0.3 is 12.3 Å². The number of aryl methyl sites for hydroxylation is 1. The lowest BCUT2D eigenvalue weighted by Gasteiger charge is -2.46. The minimum Gasteiger partial charge on any atom is -0.487 e. The number of aliphatic carboxylic acids is 1. The second kappa shape index (κ2) is 11.9. The van der Waals surface area contributed by atoms with E-state index < -0.39 is 18.2 Å². The van der Waals surface area contributed by atoms with Gasteiger partial charge in [0, 0.05) is 24.7 Å². The predicted octanol–water partition coefficient (Wildman–Crippen LogP) is 6.81. The number of nitriles is 1. The molecule has 9 heteroatoms. The number of hydrogen-bond acceptors (Lipinski definition) is 5. The molecule has 2 aromatic carbocycles. The first-order valence-corrected chi connectivity index (χ1v) is 13.6. The summed E-state index contributed by atoms with van der Waals surface area (Å²) in [6, 6.07) is 11.5. The maximum absolute atomic E-state index is 13.0. The van der Waals surface area contributed by atoms with Gasteiger partial charge in [0.15, 0.2) is 0 Å². The van der Waals surface area contributed by atoms with Gasteiger partial charge in [-0.25, -0.2) is 0 Å². The minimum absolute atomic E-state index is 0.278. The molecule has 0 bridgehead atoms. The van der Waals surface area contributed by atoms with Gasteiger partial charge in [0.1, 0.15) is 17.1 Å². The Labute approximate surface area is 227 Å². The average molecular weight is 545 g/mol. The number of carboxylic acid groups (broad SMARTS) is 1. The van der Waals surface area contributed by atoms with Crippen LogP contribution < -0.4 is 9.47 Å². The van der Waals surface area contributed by atoms with Crippen molar-refractivity contribution in [1.82, 2.24) is 4.90 Å². The summed E-state index contributed by atoms with van der Waals surface area (Å²) in [6.45, 7) is 4.74. The molecular weight excluding hydrogens is 509 g/mol. The fourth-order valence-electron chi connectivity index (χ4n) is 5.14. The van der Waals surface area contributed by atoms with Crippen molar-refractivity contribution in [2.75, 3.05) is 13.1 Å². The van der Waals surface area contributed by atoms with E-state index in [-0.39, 0.29) is 23.0 Å². The predicted molar refractivity (Wildman–Crippen MR) is 140 cm³/mol. The number of hydrogen-bond donors (Lipinski definition) is 1. The SMILES string of the molecule is C1CC1.CC(Cc1ccc2c(c1)OC1(CC2)CCN(C(C)c2cc(C#N)ccc2OC(F)(F)F)CC1)C(=O)O. The molecule has 1 spiro atoms. The smallest absolute Gasteiger partial charge is 0.487 e. The van der Waals surface area contributed by atoms with E-state index in [1.807, 2.05) is 31.2 Å². The van der Waals surface area contributed by atoms with Crippen LogP contribution in [-0.4, -0.2) is 41.0 Å². The Morgan fingerprint density at radius 2 is 1.82 bits per heavy atom. The summed E-state index contributed by atoms with van der Waals surface area (Å²) < 4.78 is 49.6. The van der Waals surface area contributed by atoms with Crippen molar-refractivity contribution in [1.29, 1.82) is 5.26 Å². The molecule has 210 valence electrons. The highest BCUT2D eigenvalue weighted by Crippen LogP contribution is 2.42. The van der Waals surface area contributed by atoms with Gasteiger partial charge in [-0.3, -0.25) is 9.69 Å². The first-order valence-electron chi connectivity index (χ1n) is 13.6. The summed E-state index contributed by atoms with van der Waals surface area (Å²) in [7, 11) is 0. The van der Waals surface area contributed by atoms with Gasteiger partial charge in [-0.1, -0.05) is 38.3 Å². The molecule has 1 saturated carbocycles.